The number of imidazole rings is 1. The number of anilines is 1. The van der Waals surface area contributed by atoms with Crippen molar-refractivity contribution in [3.8, 4) is 5.69 Å². The third-order valence-corrected chi connectivity index (χ3v) is 4.12. The summed E-state index contributed by atoms with van der Waals surface area (Å²) in [6.07, 6.45) is 5.64. The van der Waals surface area contributed by atoms with E-state index in [1.54, 1.807) is 23.1 Å². The monoisotopic (exact) mass is 388 g/mol. The number of halogens is 1. The Morgan fingerprint density at radius 3 is 2.71 bits per heavy atom. The highest BCUT2D eigenvalue weighted by molar-refractivity contribution is 9.10. The average molecular weight is 389 g/mol. The first kappa shape index (κ1) is 16.4. The van der Waals surface area contributed by atoms with Crippen LogP contribution in [0.1, 0.15) is 5.82 Å². The Morgan fingerprint density at radius 2 is 2.04 bits per heavy atom. The van der Waals surface area contributed by atoms with Gasteiger partial charge in [-0.15, -0.1) is 0 Å². The molecule has 0 saturated carbocycles. The molecule has 0 radical (unpaired) electrons. The summed E-state index contributed by atoms with van der Waals surface area (Å²) >= 11 is 3.39. The standard InChI is InChI=1S/C16H17BrN6O/c1-22-9-7-19-15(22)10-13(18)16(24)20-14-6-8-23(21-14)12-4-2-11(17)3-5-12/h2-9,13H,10,18H2,1H3,(H,20,21,24). The average Bonchev–Trinajstić information content (AvgIpc) is 3.18. The SMILES string of the molecule is Cn1ccnc1CC(N)C(=O)Nc1ccn(-c2ccc(Br)cc2)n1. The van der Waals surface area contributed by atoms with Crippen LogP contribution in [0.2, 0.25) is 0 Å². The molecule has 1 atom stereocenters. The maximum absolute atomic E-state index is 12.2. The van der Waals surface area contributed by atoms with Crippen LogP contribution < -0.4 is 11.1 Å². The second kappa shape index (κ2) is 6.98. The highest BCUT2D eigenvalue weighted by atomic mass is 79.9. The van der Waals surface area contributed by atoms with E-state index in [9.17, 15) is 4.79 Å². The molecule has 0 aliphatic heterocycles. The number of amides is 1. The fraction of sp³-hybridized carbons (Fsp3) is 0.188. The molecule has 2 heterocycles. The van der Waals surface area contributed by atoms with E-state index < -0.39 is 6.04 Å². The van der Waals surface area contributed by atoms with Gasteiger partial charge in [0.25, 0.3) is 0 Å². The number of carbonyl (C=O) groups excluding carboxylic acids is 1. The normalized spacial score (nSPS) is 12.1. The largest absolute Gasteiger partial charge is 0.338 e. The van der Waals surface area contributed by atoms with Gasteiger partial charge < -0.3 is 15.6 Å². The molecule has 1 aromatic carbocycles. The van der Waals surface area contributed by atoms with Gasteiger partial charge in [0, 0.05) is 42.6 Å². The van der Waals surface area contributed by atoms with Gasteiger partial charge in [0.2, 0.25) is 5.91 Å². The Labute approximate surface area is 147 Å². The lowest BCUT2D eigenvalue weighted by Gasteiger charge is -2.10. The fourth-order valence-corrected chi connectivity index (χ4v) is 2.49. The highest BCUT2D eigenvalue weighted by Gasteiger charge is 2.17. The highest BCUT2D eigenvalue weighted by Crippen LogP contribution is 2.15. The number of hydrogen-bond donors (Lipinski definition) is 2. The molecule has 3 N–H and O–H groups in total. The van der Waals surface area contributed by atoms with Crippen LogP contribution in [-0.2, 0) is 18.3 Å². The molecule has 0 spiro atoms. The molecule has 1 amide bonds. The van der Waals surface area contributed by atoms with Crippen molar-refractivity contribution in [1.29, 1.82) is 0 Å². The van der Waals surface area contributed by atoms with Crippen LogP contribution in [0.25, 0.3) is 5.69 Å². The van der Waals surface area contributed by atoms with Crippen LogP contribution in [0, 0.1) is 0 Å². The molecular weight excluding hydrogens is 372 g/mol. The maximum Gasteiger partial charge on any atom is 0.242 e. The van der Waals surface area contributed by atoms with Crippen LogP contribution in [0.5, 0.6) is 0 Å². The lowest BCUT2D eigenvalue weighted by atomic mass is 10.2. The summed E-state index contributed by atoms with van der Waals surface area (Å²) in [6.45, 7) is 0. The number of aromatic nitrogens is 4. The number of carbonyl (C=O) groups is 1. The van der Waals surface area contributed by atoms with Crippen molar-refractivity contribution in [2.45, 2.75) is 12.5 Å². The zero-order valence-corrected chi connectivity index (χ0v) is 14.6. The summed E-state index contributed by atoms with van der Waals surface area (Å²) in [4.78, 5) is 16.4. The van der Waals surface area contributed by atoms with E-state index in [-0.39, 0.29) is 5.91 Å². The van der Waals surface area contributed by atoms with Crippen LogP contribution in [0.4, 0.5) is 5.82 Å². The minimum atomic E-state index is -0.691. The second-order valence-corrected chi connectivity index (χ2v) is 6.29. The van der Waals surface area contributed by atoms with Gasteiger partial charge in [0.15, 0.2) is 5.82 Å². The molecule has 2 aromatic heterocycles. The summed E-state index contributed by atoms with van der Waals surface area (Å²) in [5.41, 5.74) is 6.85. The second-order valence-electron chi connectivity index (χ2n) is 5.38. The van der Waals surface area contributed by atoms with Gasteiger partial charge in [-0.2, -0.15) is 5.10 Å². The van der Waals surface area contributed by atoms with E-state index in [0.29, 0.717) is 12.2 Å². The van der Waals surface area contributed by atoms with Crippen LogP contribution in [-0.4, -0.2) is 31.3 Å². The van der Waals surface area contributed by atoms with Crippen LogP contribution in [0.3, 0.4) is 0 Å². The fourth-order valence-electron chi connectivity index (χ4n) is 2.23. The van der Waals surface area contributed by atoms with E-state index in [1.807, 2.05) is 42.1 Å². The minimum absolute atomic E-state index is 0.293. The molecule has 24 heavy (non-hydrogen) atoms. The summed E-state index contributed by atoms with van der Waals surface area (Å²) in [5, 5.41) is 7.07. The van der Waals surface area contributed by atoms with Gasteiger partial charge in [-0.25, -0.2) is 9.67 Å². The van der Waals surface area contributed by atoms with Gasteiger partial charge in [-0.05, 0) is 24.3 Å². The molecule has 0 bridgehead atoms. The third kappa shape index (κ3) is 3.72. The summed E-state index contributed by atoms with van der Waals surface area (Å²) < 4.78 is 4.52. The smallest absolute Gasteiger partial charge is 0.242 e. The van der Waals surface area contributed by atoms with Crippen LogP contribution in [0.15, 0.2) is 53.4 Å². The Balaban J connectivity index is 1.64. The number of hydrogen-bond acceptors (Lipinski definition) is 4. The number of aryl methyl sites for hydroxylation is 1. The van der Waals surface area contributed by atoms with E-state index in [4.69, 9.17) is 5.73 Å². The molecule has 7 nitrogen and oxygen atoms in total. The van der Waals surface area contributed by atoms with Crippen molar-refractivity contribution in [1.82, 2.24) is 19.3 Å². The van der Waals surface area contributed by atoms with Gasteiger partial charge in [0.1, 0.15) is 5.82 Å². The molecule has 0 aliphatic carbocycles. The predicted octanol–water partition coefficient (Wildman–Crippen LogP) is 1.88. The molecule has 3 aromatic rings. The molecule has 0 saturated heterocycles. The Hall–Kier alpha value is -2.45. The number of nitrogens with one attached hydrogen (secondary N) is 1. The first-order chi connectivity index (χ1) is 11.5. The maximum atomic E-state index is 12.2. The van der Waals surface area contributed by atoms with Crippen molar-refractivity contribution in [2.75, 3.05) is 5.32 Å². The summed E-state index contributed by atoms with van der Waals surface area (Å²) in [6, 6.07) is 8.75. The minimum Gasteiger partial charge on any atom is -0.338 e. The molecule has 0 fully saturated rings. The first-order valence-corrected chi connectivity index (χ1v) is 8.16. The Morgan fingerprint density at radius 1 is 1.29 bits per heavy atom. The lowest BCUT2D eigenvalue weighted by molar-refractivity contribution is -0.117. The predicted molar refractivity (Wildman–Crippen MR) is 94.8 cm³/mol. The van der Waals surface area contributed by atoms with Crippen molar-refractivity contribution in [2.24, 2.45) is 12.8 Å². The van der Waals surface area contributed by atoms with E-state index in [1.165, 1.54) is 0 Å². The van der Waals surface area contributed by atoms with E-state index in [0.717, 1.165) is 16.0 Å². The van der Waals surface area contributed by atoms with Gasteiger partial charge in [-0.1, -0.05) is 15.9 Å². The summed E-state index contributed by atoms with van der Waals surface area (Å²) in [5.74, 6) is 0.926. The quantitative estimate of drug-likeness (QED) is 0.697. The van der Waals surface area contributed by atoms with Crippen molar-refractivity contribution < 1.29 is 4.79 Å². The van der Waals surface area contributed by atoms with Crippen molar-refractivity contribution in [3.63, 3.8) is 0 Å². The lowest BCUT2D eigenvalue weighted by Crippen LogP contribution is -2.38. The molecule has 3 rings (SSSR count). The van der Waals surface area contributed by atoms with Crippen LogP contribution >= 0.6 is 15.9 Å². The summed E-state index contributed by atoms with van der Waals surface area (Å²) in [7, 11) is 1.87. The number of rotatable bonds is 5. The number of nitrogens with two attached hydrogens (primary N) is 1. The van der Waals surface area contributed by atoms with Gasteiger partial charge >= 0.3 is 0 Å². The Kier molecular flexibility index (Phi) is 4.77. The van der Waals surface area contributed by atoms with Gasteiger partial charge in [0.05, 0.1) is 11.7 Å². The molecule has 1 unspecified atom stereocenters. The number of nitrogens with zero attached hydrogens (tertiary/aromatic N) is 4. The molecule has 8 heteroatoms. The third-order valence-electron chi connectivity index (χ3n) is 3.59. The topological polar surface area (TPSA) is 90.8 Å². The van der Waals surface area contributed by atoms with E-state index >= 15 is 0 Å². The zero-order valence-electron chi connectivity index (χ0n) is 13.1. The van der Waals surface area contributed by atoms with Crippen molar-refractivity contribution in [3.05, 3.63) is 59.2 Å². The van der Waals surface area contributed by atoms with Crippen molar-refractivity contribution >= 4 is 27.7 Å². The number of benzene rings is 1. The zero-order chi connectivity index (χ0) is 17.1. The van der Waals surface area contributed by atoms with Gasteiger partial charge in [-0.3, -0.25) is 4.79 Å². The molecule has 0 aliphatic rings. The first-order valence-electron chi connectivity index (χ1n) is 7.37. The molecular formula is C16H17BrN6O. The Bertz CT molecular complexity index is 838. The molecule has 124 valence electrons. The van der Waals surface area contributed by atoms with E-state index in [2.05, 4.69) is 31.3 Å².